The highest BCUT2D eigenvalue weighted by Crippen LogP contribution is 2.13. The van der Waals surface area contributed by atoms with Gasteiger partial charge in [-0.05, 0) is 43.7 Å². The Morgan fingerprint density at radius 1 is 1.11 bits per heavy atom. The summed E-state index contributed by atoms with van der Waals surface area (Å²) < 4.78 is 5.31. The molecule has 1 aromatic rings. The van der Waals surface area contributed by atoms with E-state index in [1.54, 1.807) is 24.3 Å². The summed E-state index contributed by atoms with van der Waals surface area (Å²) in [4.78, 5) is 26.7. The molecule has 3 N–H and O–H groups in total. The predicted octanol–water partition coefficient (Wildman–Crippen LogP) is 1.67. The SMILES string of the molecule is Cl.Cl.O=C(NCCN1CCOCC1)c1ccc(NC(=O)[C@H]2CCCCN2)cc1. The van der Waals surface area contributed by atoms with Gasteiger partial charge in [-0.15, -0.1) is 24.8 Å². The highest BCUT2D eigenvalue weighted by atomic mass is 35.5. The quantitative estimate of drug-likeness (QED) is 0.636. The van der Waals surface area contributed by atoms with Crippen LogP contribution in [0.2, 0.25) is 0 Å². The number of ether oxygens (including phenoxy) is 1. The first-order valence-electron chi connectivity index (χ1n) is 9.45. The van der Waals surface area contributed by atoms with Gasteiger partial charge in [-0.2, -0.15) is 0 Å². The lowest BCUT2D eigenvalue weighted by atomic mass is 10.0. The third-order valence-corrected chi connectivity index (χ3v) is 4.86. The summed E-state index contributed by atoms with van der Waals surface area (Å²) in [5.74, 6) is -0.0995. The topological polar surface area (TPSA) is 82.7 Å². The van der Waals surface area contributed by atoms with Gasteiger partial charge in [0.05, 0.1) is 19.3 Å². The molecule has 3 rings (SSSR count). The fourth-order valence-electron chi connectivity index (χ4n) is 3.26. The number of carbonyl (C=O) groups excluding carboxylic acids is 2. The Morgan fingerprint density at radius 2 is 1.82 bits per heavy atom. The summed E-state index contributed by atoms with van der Waals surface area (Å²) in [5, 5.41) is 9.08. The first-order valence-corrected chi connectivity index (χ1v) is 9.45. The van der Waals surface area contributed by atoms with E-state index in [1.165, 1.54) is 0 Å². The fraction of sp³-hybridized carbons (Fsp3) is 0.579. The van der Waals surface area contributed by atoms with Crippen molar-refractivity contribution in [1.82, 2.24) is 15.5 Å². The molecule has 1 atom stereocenters. The summed E-state index contributed by atoms with van der Waals surface area (Å²) in [7, 11) is 0. The van der Waals surface area contributed by atoms with Crippen molar-refractivity contribution >= 4 is 42.3 Å². The van der Waals surface area contributed by atoms with Crippen molar-refractivity contribution in [3.8, 4) is 0 Å². The lowest BCUT2D eigenvalue weighted by Crippen LogP contribution is -2.43. The highest BCUT2D eigenvalue weighted by molar-refractivity contribution is 5.97. The minimum atomic E-state index is -0.119. The fourth-order valence-corrected chi connectivity index (χ4v) is 3.26. The molecule has 1 aromatic carbocycles. The lowest BCUT2D eigenvalue weighted by molar-refractivity contribution is -0.118. The van der Waals surface area contributed by atoms with Gasteiger partial charge in [0.2, 0.25) is 5.91 Å². The van der Waals surface area contributed by atoms with Crippen LogP contribution in [-0.4, -0.2) is 68.7 Å². The molecular formula is C19H30Cl2N4O3. The third kappa shape index (κ3) is 7.56. The van der Waals surface area contributed by atoms with E-state index in [0.29, 0.717) is 17.8 Å². The lowest BCUT2D eigenvalue weighted by Gasteiger charge is -2.26. The molecule has 0 bridgehead atoms. The van der Waals surface area contributed by atoms with E-state index in [4.69, 9.17) is 4.74 Å². The first-order chi connectivity index (χ1) is 12.7. The minimum Gasteiger partial charge on any atom is -0.379 e. The molecule has 2 heterocycles. The zero-order valence-corrected chi connectivity index (χ0v) is 17.6. The second-order valence-corrected chi connectivity index (χ2v) is 6.78. The number of benzene rings is 1. The molecule has 0 unspecified atom stereocenters. The molecule has 0 spiro atoms. The van der Waals surface area contributed by atoms with Crippen molar-refractivity contribution < 1.29 is 14.3 Å². The van der Waals surface area contributed by atoms with E-state index in [-0.39, 0.29) is 42.7 Å². The molecule has 0 saturated carbocycles. The molecule has 2 aliphatic heterocycles. The van der Waals surface area contributed by atoms with E-state index in [0.717, 1.165) is 58.7 Å². The smallest absolute Gasteiger partial charge is 0.251 e. The number of morpholine rings is 1. The van der Waals surface area contributed by atoms with E-state index in [2.05, 4.69) is 20.9 Å². The molecule has 9 heteroatoms. The zero-order valence-electron chi connectivity index (χ0n) is 15.9. The van der Waals surface area contributed by atoms with Gasteiger partial charge in [0, 0.05) is 37.4 Å². The van der Waals surface area contributed by atoms with Crippen molar-refractivity contribution in [3.05, 3.63) is 29.8 Å². The van der Waals surface area contributed by atoms with Crippen molar-refractivity contribution in [2.24, 2.45) is 0 Å². The second-order valence-electron chi connectivity index (χ2n) is 6.78. The molecule has 2 amide bonds. The number of piperidine rings is 1. The molecule has 28 heavy (non-hydrogen) atoms. The van der Waals surface area contributed by atoms with Gasteiger partial charge in [0.25, 0.3) is 5.91 Å². The average molecular weight is 433 g/mol. The van der Waals surface area contributed by atoms with Gasteiger partial charge in [0.15, 0.2) is 0 Å². The number of amides is 2. The monoisotopic (exact) mass is 432 g/mol. The molecule has 0 aromatic heterocycles. The summed E-state index contributed by atoms with van der Waals surface area (Å²) in [5.41, 5.74) is 1.31. The molecular weight excluding hydrogens is 403 g/mol. The number of rotatable bonds is 6. The van der Waals surface area contributed by atoms with Crippen LogP contribution >= 0.6 is 24.8 Å². The van der Waals surface area contributed by atoms with E-state index >= 15 is 0 Å². The summed E-state index contributed by atoms with van der Waals surface area (Å²) >= 11 is 0. The maximum atomic E-state index is 12.2. The van der Waals surface area contributed by atoms with Crippen molar-refractivity contribution in [2.45, 2.75) is 25.3 Å². The largest absolute Gasteiger partial charge is 0.379 e. The summed E-state index contributed by atoms with van der Waals surface area (Å²) in [6.45, 7) is 5.69. The van der Waals surface area contributed by atoms with E-state index in [9.17, 15) is 9.59 Å². The van der Waals surface area contributed by atoms with Crippen molar-refractivity contribution in [2.75, 3.05) is 51.3 Å². The van der Waals surface area contributed by atoms with Crippen molar-refractivity contribution in [3.63, 3.8) is 0 Å². The number of halogens is 2. The molecule has 7 nitrogen and oxygen atoms in total. The van der Waals surface area contributed by atoms with Gasteiger partial charge < -0.3 is 20.7 Å². The number of hydrogen-bond donors (Lipinski definition) is 3. The van der Waals surface area contributed by atoms with Gasteiger partial charge in [0.1, 0.15) is 0 Å². The zero-order chi connectivity index (χ0) is 18.2. The molecule has 0 aliphatic carbocycles. The summed E-state index contributed by atoms with van der Waals surface area (Å²) in [6, 6.07) is 6.92. The standard InChI is InChI=1S/C19H28N4O3.2ClH/c24-18(21-9-10-23-11-13-26-14-12-23)15-4-6-16(7-5-15)22-19(25)17-3-1-2-8-20-17;;/h4-7,17,20H,1-3,8-14H2,(H,21,24)(H,22,25);2*1H/t17-;;/m1../s1. The first kappa shape index (κ1) is 24.7. The molecule has 2 fully saturated rings. The molecule has 0 radical (unpaired) electrons. The maximum Gasteiger partial charge on any atom is 0.251 e. The number of carbonyl (C=O) groups is 2. The van der Waals surface area contributed by atoms with Crippen LogP contribution in [0.1, 0.15) is 29.6 Å². The Morgan fingerprint density at radius 3 is 2.46 bits per heavy atom. The van der Waals surface area contributed by atoms with Crippen LogP contribution in [0.15, 0.2) is 24.3 Å². The third-order valence-electron chi connectivity index (χ3n) is 4.86. The molecule has 158 valence electrons. The Hall–Kier alpha value is -1.38. The van der Waals surface area contributed by atoms with Crippen LogP contribution in [0.3, 0.4) is 0 Å². The Balaban J connectivity index is 0.00000196. The Labute approximate surface area is 178 Å². The predicted molar refractivity (Wildman–Crippen MR) is 115 cm³/mol. The number of hydrogen-bond acceptors (Lipinski definition) is 5. The normalized spacial score (nSPS) is 19.6. The summed E-state index contributed by atoms with van der Waals surface area (Å²) in [6.07, 6.45) is 3.07. The molecule has 2 aliphatic rings. The van der Waals surface area contributed by atoms with Gasteiger partial charge in [-0.1, -0.05) is 6.42 Å². The Kier molecular flexibility index (Phi) is 11.4. The van der Waals surface area contributed by atoms with Crippen molar-refractivity contribution in [1.29, 1.82) is 0 Å². The number of anilines is 1. The van der Waals surface area contributed by atoms with Gasteiger partial charge in [-0.3, -0.25) is 14.5 Å². The van der Waals surface area contributed by atoms with Gasteiger partial charge in [-0.25, -0.2) is 0 Å². The maximum absolute atomic E-state index is 12.2. The van der Waals surface area contributed by atoms with Crippen LogP contribution in [0.25, 0.3) is 0 Å². The van der Waals surface area contributed by atoms with E-state index < -0.39 is 0 Å². The van der Waals surface area contributed by atoms with Crippen LogP contribution in [0.4, 0.5) is 5.69 Å². The van der Waals surface area contributed by atoms with E-state index in [1.807, 2.05) is 0 Å². The number of nitrogens with one attached hydrogen (secondary N) is 3. The van der Waals surface area contributed by atoms with Gasteiger partial charge >= 0.3 is 0 Å². The second kappa shape index (κ2) is 13.0. The van der Waals surface area contributed by atoms with Crippen LogP contribution in [-0.2, 0) is 9.53 Å². The average Bonchev–Trinajstić information content (AvgIpc) is 2.70. The Bertz CT molecular complexity index is 604. The molecule has 2 saturated heterocycles. The minimum absolute atomic E-state index is 0. The van der Waals surface area contributed by atoms with Crippen LogP contribution in [0, 0.1) is 0 Å². The van der Waals surface area contributed by atoms with Crippen LogP contribution < -0.4 is 16.0 Å². The number of nitrogens with zero attached hydrogens (tertiary/aromatic N) is 1. The highest BCUT2D eigenvalue weighted by Gasteiger charge is 2.20. The van der Waals surface area contributed by atoms with Crippen LogP contribution in [0.5, 0.6) is 0 Å².